The molecule has 32 heavy (non-hydrogen) atoms. The smallest absolute Gasteiger partial charge is 0.384 e. The first-order chi connectivity index (χ1) is 15.0. The number of Topliss-reactive ketones (excluding diaryl/α,β-unsaturated/α-hetero) is 1. The predicted molar refractivity (Wildman–Crippen MR) is 115 cm³/mol. The number of thioether (sulfide) groups is 1. The second-order valence-corrected chi connectivity index (χ2v) is 11.2. The predicted octanol–water partition coefficient (Wildman–Crippen LogP) is 2.14. The van der Waals surface area contributed by atoms with Gasteiger partial charge in [0, 0.05) is 25.3 Å². The Morgan fingerprint density at radius 1 is 1.50 bits per heavy atom. The number of alkyl halides is 1. The van der Waals surface area contributed by atoms with Gasteiger partial charge >= 0.3 is 7.75 Å². The van der Waals surface area contributed by atoms with Crippen molar-refractivity contribution in [2.24, 2.45) is 4.99 Å². The van der Waals surface area contributed by atoms with Gasteiger partial charge in [-0.1, -0.05) is 11.8 Å². The van der Waals surface area contributed by atoms with Crippen molar-refractivity contribution in [2.45, 2.75) is 44.4 Å². The summed E-state index contributed by atoms with van der Waals surface area (Å²) in [6, 6.07) is 0. The first kappa shape index (κ1) is 25.2. The summed E-state index contributed by atoms with van der Waals surface area (Å²) in [5.41, 5.74) is -1.89. The average molecular weight is 492 g/mol. The van der Waals surface area contributed by atoms with Gasteiger partial charge in [0.05, 0.1) is 19.5 Å². The fraction of sp³-hybridized carbons (Fsp3) is 0.667. The van der Waals surface area contributed by atoms with Crippen LogP contribution in [0.2, 0.25) is 0 Å². The third-order valence-corrected chi connectivity index (χ3v) is 7.82. The number of carbonyl (C=O) groups excluding carboxylic acids is 2. The van der Waals surface area contributed by atoms with Gasteiger partial charge in [-0.15, -0.1) is 0 Å². The van der Waals surface area contributed by atoms with Gasteiger partial charge in [-0.3, -0.25) is 23.2 Å². The van der Waals surface area contributed by atoms with Crippen LogP contribution in [0.4, 0.5) is 10.2 Å². The van der Waals surface area contributed by atoms with Crippen molar-refractivity contribution in [3.63, 3.8) is 0 Å². The molecule has 0 amide bonds. The van der Waals surface area contributed by atoms with Crippen LogP contribution in [0, 0.1) is 0 Å². The highest BCUT2D eigenvalue weighted by molar-refractivity contribution is 8.13. The zero-order valence-corrected chi connectivity index (χ0v) is 19.8. The van der Waals surface area contributed by atoms with E-state index in [0.29, 0.717) is 0 Å². The van der Waals surface area contributed by atoms with Crippen LogP contribution in [0.5, 0.6) is 0 Å². The van der Waals surface area contributed by atoms with Gasteiger partial charge in [0.1, 0.15) is 11.7 Å². The molecule has 3 heterocycles. The van der Waals surface area contributed by atoms with E-state index in [2.05, 4.69) is 9.98 Å². The highest BCUT2D eigenvalue weighted by atomic mass is 32.2. The topological polar surface area (TPSA) is 133 Å². The lowest BCUT2D eigenvalue weighted by molar-refractivity contribution is -0.109. The molecule has 0 bridgehead atoms. The Bertz CT molecular complexity index is 954. The monoisotopic (exact) mass is 492 g/mol. The van der Waals surface area contributed by atoms with Crippen LogP contribution >= 0.6 is 19.5 Å². The number of rotatable bonds is 9. The normalized spacial score (nSPS) is 29.3. The molecular weight excluding hydrogens is 466 g/mol. The van der Waals surface area contributed by atoms with Crippen molar-refractivity contribution in [2.75, 3.05) is 33.1 Å². The van der Waals surface area contributed by atoms with Crippen LogP contribution in [0.15, 0.2) is 11.3 Å². The van der Waals surface area contributed by atoms with Crippen LogP contribution < -0.4 is 0 Å². The van der Waals surface area contributed by atoms with Crippen molar-refractivity contribution in [1.29, 1.82) is 0 Å². The summed E-state index contributed by atoms with van der Waals surface area (Å²) in [5.74, 6) is 0.186. The first-order valence-electron chi connectivity index (χ1n) is 9.82. The maximum atomic E-state index is 15.2. The lowest BCUT2D eigenvalue weighted by atomic mass is 9.96. The number of ether oxygens (including phenoxy) is 1. The number of hydrogen-bond acceptors (Lipinski definition) is 10. The van der Waals surface area contributed by atoms with Crippen molar-refractivity contribution in [3.8, 4) is 0 Å². The lowest BCUT2D eigenvalue weighted by Gasteiger charge is -2.28. The molecule has 0 saturated carbocycles. The molecule has 1 N–H and O–H groups in total. The fourth-order valence-electron chi connectivity index (χ4n) is 3.20. The molecule has 1 fully saturated rings. The second-order valence-electron chi connectivity index (χ2n) is 7.69. The Kier molecular flexibility index (Phi) is 7.70. The van der Waals surface area contributed by atoms with E-state index in [1.54, 1.807) is 0 Å². The standard InChI is InChI=1S/C18H26FN4O7PS/c1-11(24)32-8-7-28-31(27,22(3)4)29-9-13-18(2,26)15(19)17(30-13)23-10-21-14-12(25)5-6-20-16(14)23/h6,10,13,15,17,26H,5,7-9H2,1-4H3/t13-,15?,17-,18+,31?/m1/s1. The number of carbonyl (C=O) groups is 2. The molecule has 2 aliphatic heterocycles. The molecule has 1 aromatic rings. The van der Waals surface area contributed by atoms with Crippen molar-refractivity contribution >= 4 is 42.4 Å². The number of halogens is 1. The molecule has 5 atom stereocenters. The van der Waals surface area contributed by atoms with Crippen LogP contribution in [-0.2, 0) is 23.1 Å². The molecule has 0 aromatic carbocycles. The molecule has 1 saturated heterocycles. The van der Waals surface area contributed by atoms with E-state index in [0.717, 1.165) is 11.8 Å². The van der Waals surface area contributed by atoms with Crippen LogP contribution in [0.1, 0.15) is 37.0 Å². The highest BCUT2D eigenvalue weighted by Crippen LogP contribution is 2.51. The summed E-state index contributed by atoms with van der Waals surface area (Å²) < 4.78 is 47.3. The minimum absolute atomic E-state index is 0.0107. The van der Waals surface area contributed by atoms with Gasteiger partial charge in [-0.2, -0.15) is 0 Å². The summed E-state index contributed by atoms with van der Waals surface area (Å²) in [4.78, 5) is 31.1. The molecular formula is C18H26FN4O7PS. The van der Waals surface area contributed by atoms with E-state index >= 15 is 4.39 Å². The largest absolute Gasteiger partial charge is 0.407 e. The second kappa shape index (κ2) is 9.80. The number of fused-ring (bicyclic) bond motifs is 1. The van der Waals surface area contributed by atoms with Crippen molar-refractivity contribution < 1.29 is 37.4 Å². The van der Waals surface area contributed by atoms with Gasteiger partial charge in [0.2, 0.25) is 0 Å². The minimum Gasteiger partial charge on any atom is -0.384 e. The zero-order valence-electron chi connectivity index (χ0n) is 18.1. The molecule has 3 rings (SSSR count). The summed E-state index contributed by atoms with van der Waals surface area (Å²) in [6.45, 7) is 2.21. The number of aliphatic imine (C=N–C) groups is 1. The Balaban J connectivity index is 1.71. The van der Waals surface area contributed by atoms with Crippen molar-refractivity contribution in [1.82, 2.24) is 14.2 Å². The number of ketones is 1. The summed E-state index contributed by atoms with van der Waals surface area (Å²) in [6.07, 6.45) is -1.68. The Hall–Kier alpha value is -1.47. The van der Waals surface area contributed by atoms with E-state index in [9.17, 15) is 19.3 Å². The van der Waals surface area contributed by atoms with E-state index in [1.165, 1.54) is 49.7 Å². The highest BCUT2D eigenvalue weighted by Gasteiger charge is 2.55. The van der Waals surface area contributed by atoms with Crippen LogP contribution in [0.25, 0.3) is 0 Å². The zero-order chi connectivity index (χ0) is 23.7. The third kappa shape index (κ3) is 5.04. The van der Waals surface area contributed by atoms with E-state index in [4.69, 9.17) is 13.8 Å². The number of hydrogen-bond donors (Lipinski definition) is 1. The molecule has 0 spiro atoms. The number of nitrogens with zero attached hydrogens (tertiary/aromatic N) is 4. The third-order valence-electron chi connectivity index (χ3n) is 5.08. The molecule has 178 valence electrons. The lowest BCUT2D eigenvalue weighted by Crippen LogP contribution is -2.44. The van der Waals surface area contributed by atoms with Crippen molar-refractivity contribution in [3.05, 3.63) is 12.0 Å². The van der Waals surface area contributed by atoms with Crippen LogP contribution in [0.3, 0.4) is 0 Å². The first-order valence-corrected chi connectivity index (χ1v) is 12.3. The SMILES string of the molecule is CC(=O)SCCOP(=O)(OC[C@H]1O[C@@H](n2cnc3c2N=CCC3=O)C(F)[C@@]1(C)O)N(C)C. The molecule has 0 radical (unpaired) electrons. The summed E-state index contributed by atoms with van der Waals surface area (Å²) >= 11 is 1.02. The Morgan fingerprint density at radius 3 is 2.88 bits per heavy atom. The molecule has 1 aromatic heterocycles. The number of aromatic nitrogens is 2. The van der Waals surface area contributed by atoms with Gasteiger partial charge in [-0.05, 0) is 21.0 Å². The van der Waals surface area contributed by atoms with Gasteiger partial charge < -0.3 is 9.84 Å². The quantitative estimate of drug-likeness (QED) is 0.404. The molecule has 0 aliphatic carbocycles. The van der Waals surface area contributed by atoms with E-state index in [1.807, 2.05) is 0 Å². The number of aliphatic hydroxyl groups is 1. The Morgan fingerprint density at radius 2 is 2.22 bits per heavy atom. The number of imidazole rings is 1. The molecule has 11 nitrogen and oxygen atoms in total. The maximum absolute atomic E-state index is 15.2. The van der Waals surface area contributed by atoms with E-state index in [-0.39, 0.29) is 41.2 Å². The van der Waals surface area contributed by atoms with Crippen LogP contribution in [-0.4, -0.2) is 87.4 Å². The average Bonchev–Trinajstić information content (AvgIpc) is 3.24. The fourth-order valence-corrected chi connectivity index (χ4v) is 4.96. The Labute approximate surface area is 188 Å². The minimum atomic E-state index is -3.78. The molecule has 14 heteroatoms. The molecule has 2 unspecified atom stereocenters. The summed E-state index contributed by atoms with van der Waals surface area (Å²) in [7, 11) is -0.806. The van der Waals surface area contributed by atoms with Gasteiger partial charge in [0.15, 0.2) is 34.8 Å². The maximum Gasteiger partial charge on any atom is 0.407 e. The molecule has 2 aliphatic rings. The summed E-state index contributed by atoms with van der Waals surface area (Å²) in [5, 5.41) is 10.7. The van der Waals surface area contributed by atoms with E-state index < -0.39 is 38.5 Å². The van der Waals surface area contributed by atoms with Gasteiger partial charge in [-0.25, -0.2) is 23.6 Å². The van der Waals surface area contributed by atoms with Gasteiger partial charge in [0.25, 0.3) is 0 Å².